The molecule has 3 aromatic carbocycles. The highest BCUT2D eigenvalue weighted by atomic mass is 35.5. The van der Waals surface area contributed by atoms with Crippen molar-refractivity contribution in [1.82, 2.24) is 9.13 Å². The van der Waals surface area contributed by atoms with Crippen molar-refractivity contribution < 1.29 is 16.8 Å². The van der Waals surface area contributed by atoms with E-state index in [1.54, 1.807) is 0 Å². The first-order valence-electron chi connectivity index (χ1n) is 9.91. The molecule has 6 rings (SSSR count). The van der Waals surface area contributed by atoms with Gasteiger partial charge in [-0.3, -0.25) is 0 Å². The Balaban J connectivity index is 0.00000193. The second-order valence-corrected chi connectivity index (χ2v) is 7.45. The van der Waals surface area contributed by atoms with Crippen LogP contribution in [-0.2, 0) is 6.54 Å². The van der Waals surface area contributed by atoms with Gasteiger partial charge in [-0.25, -0.2) is 8.97 Å². The van der Waals surface area contributed by atoms with E-state index < -0.39 is 0 Å². The first kappa shape index (κ1) is 18.5. The summed E-state index contributed by atoms with van der Waals surface area (Å²) in [5.74, 6) is 0. The number of pyridine rings is 1. The molecule has 0 atom stereocenters. The Morgan fingerprint density at radius 3 is 2.20 bits per heavy atom. The van der Waals surface area contributed by atoms with E-state index in [0.29, 0.717) is 0 Å². The largest absolute Gasteiger partial charge is 1.00 e. The van der Waals surface area contributed by atoms with Gasteiger partial charge in [0.15, 0.2) is 5.52 Å². The number of hydrogen-bond acceptors (Lipinski definition) is 0. The minimum atomic E-state index is 0. The topological polar surface area (TPSA) is 14.0 Å². The molecular weight excluding hydrogens is 390 g/mol. The smallest absolute Gasteiger partial charge is 0.254 e. The summed E-state index contributed by atoms with van der Waals surface area (Å²) in [7, 11) is 0. The van der Waals surface area contributed by atoms with E-state index in [0.717, 1.165) is 12.2 Å². The van der Waals surface area contributed by atoms with Crippen LogP contribution < -0.4 is 16.8 Å². The third-order valence-corrected chi connectivity index (χ3v) is 5.68. The molecule has 0 spiro atoms. The van der Waals surface area contributed by atoms with Gasteiger partial charge in [0.25, 0.3) is 6.33 Å². The Bertz CT molecular complexity index is 1460. The zero-order valence-electron chi connectivity index (χ0n) is 16.3. The maximum atomic E-state index is 2.45. The Morgan fingerprint density at radius 2 is 1.40 bits per heavy atom. The highest BCUT2D eigenvalue weighted by Crippen LogP contribution is 2.31. The number of aromatic nitrogens is 3. The Morgan fingerprint density at radius 1 is 0.700 bits per heavy atom. The molecule has 30 heavy (non-hydrogen) atoms. The number of fused-ring (bicyclic) bond motifs is 5. The molecule has 0 saturated carbocycles. The fraction of sp³-hybridized carbons (Fsp3) is 0.0385. The number of rotatable bonds is 3. The lowest BCUT2D eigenvalue weighted by molar-refractivity contribution is -0.510. The van der Waals surface area contributed by atoms with Crippen LogP contribution in [0.2, 0.25) is 0 Å². The maximum absolute atomic E-state index is 2.45. The van der Waals surface area contributed by atoms with Crippen molar-refractivity contribution in [3.63, 3.8) is 0 Å². The van der Waals surface area contributed by atoms with Crippen molar-refractivity contribution in [2.24, 2.45) is 0 Å². The van der Waals surface area contributed by atoms with Gasteiger partial charge >= 0.3 is 0 Å². The van der Waals surface area contributed by atoms with Crippen molar-refractivity contribution in [3.05, 3.63) is 115 Å². The zero-order chi connectivity index (χ0) is 19.2. The lowest BCUT2D eigenvalue weighted by Crippen LogP contribution is -3.00. The molecule has 0 amide bonds. The first-order valence-corrected chi connectivity index (χ1v) is 9.91. The molecule has 0 aliphatic rings. The summed E-state index contributed by atoms with van der Waals surface area (Å²) in [6, 6.07) is 32.1. The van der Waals surface area contributed by atoms with Crippen LogP contribution in [0.4, 0.5) is 0 Å². The van der Waals surface area contributed by atoms with Gasteiger partial charge < -0.3 is 17.0 Å². The van der Waals surface area contributed by atoms with Gasteiger partial charge in [0.2, 0.25) is 0 Å². The lowest BCUT2D eigenvalue weighted by Gasteiger charge is -2.07. The van der Waals surface area contributed by atoms with E-state index in [-0.39, 0.29) is 12.4 Å². The quantitative estimate of drug-likeness (QED) is 0.398. The van der Waals surface area contributed by atoms with Crippen LogP contribution in [-0.4, -0.2) is 9.13 Å². The average molecular weight is 410 g/mol. The average Bonchev–Trinajstić information content (AvgIpc) is 3.35. The van der Waals surface area contributed by atoms with Crippen molar-refractivity contribution in [2.45, 2.75) is 6.54 Å². The molecule has 0 fully saturated rings. The van der Waals surface area contributed by atoms with Gasteiger partial charge in [-0.1, -0.05) is 66.7 Å². The Hall–Kier alpha value is -3.56. The molecule has 0 bridgehead atoms. The standard InChI is InChI=1S/C26H20N3.ClH/c1-3-9-20(10-4-1)17-29-24-14-8-7-13-22(24)23-15-16-27-19-28(18-25(27)26(23)29)21-11-5-2-6-12-21;/h1-16,18-19H,17H2;1H/q+1;/p-1. The third kappa shape index (κ3) is 2.87. The highest BCUT2D eigenvalue weighted by Gasteiger charge is 2.19. The zero-order valence-corrected chi connectivity index (χ0v) is 17.1. The number of imidazole rings is 1. The number of hydrogen-bond donors (Lipinski definition) is 0. The lowest BCUT2D eigenvalue weighted by atomic mass is 10.2. The second-order valence-electron chi connectivity index (χ2n) is 7.45. The van der Waals surface area contributed by atoms with E-state index in [4.69, 9.17) is 0 Å². The monoisotopic (exact) mass is 409 g/mol. The normalized spacial score (nSPS) is 11.2. The number of benzene rings is 3. The van der Waals surface area contributed by atoms with Crippen LogP contribution in [0.15, 0.2) is 110 Å². The number of halogens is 1. The van der Waals surface area contributed by atoms with Crippen molar-refractivity contribution in [3.8, 4) is 5.69 Å². The van der Waals surface area contributed by atoms with Crippen molar-refractivity contribution >= 4 is 27.3 Å². The molecule has 0 saturated heterocycles. The minimum Gasteiger partial charge on any atom is -1.00 e. The molecule has 4 heteroatoms. The fourth-order valence-electron chi connectivity index (χ4n) is 4.33. The molecule has 0 aliphatic heterocycles. The Labute approximate surface area is 180 Å². The van der Waals surface area contributed by atoms with E-state index in [9.17, 15) is 0 Å². The third-order valence-electron chi connectivity index (χ3n) is 5.68. The molecular formula is C26H20ClN3. The fourth-order valence-corrected chi connectivity index (χ4v) is 4.33. The van der Waals surface area contributed by atoms with Crippen molar-refractivity contribution in [2.75, 3.05) is 0 Å². The van der Waals surface area contributed by atoms with Crippen LogP contribution in [0.25, 0.3) is 33.0 Å². The molecule has 3 heterocycles. The highest BCUT2D eigenvalue weighted by molar-refractivity contribution is 6.11. The molecule has 146 valence electrons. The maximum Gasteiger partial charge on any atom is 0.254 e. The number of para-hydroxylation sites is 2. The van der Waals surface area contributed by atoms with Gasteiger partial charge in [-0.15, -0.1) is 0 Å². The van der Waals surface area contributed by atoms with Crippen LogP contribution in [0, 0.1) is 0 Å². The van der Waals surface area contributed by atoms with E-state index in [2.05, 4.69) is 123 Å². The van der Waals surface area contributed by atoms with Gasteiger partial charge in [0, 0.05) is 22.8 Å². The summed E-state index contributed by atoms with van der Waals surface area (Å²) in [4.78, 5) is 0. The molecule has 3 nitrogen and oxygen atoms in total. The summed E-state index contributed by atoms with van der Waals surface area (Å²) in [5, 5.41) is 2.59. The van der Waals surface area contributed by atoms with Gasteiger partial charge in [0.1, 0.15) is 17.4 Å². The van der Waals surface area contributed by atoms with Gasteiger partial charge in [-0.2, -0.15) is 0 Å². The van der Waals surface area contributed by atoms with Crippen LogP contribution >= 0.6 is 0 Å². The predicted octanol–water partition coefficient (Wildman–Crippen LogP) is 2.38. The van der Waals surface area contributed by atoms with Crippen LogP contribution in [0.5, 0.6) is 0 Å². The SMILES string of the molecule is [Cl-].c1ccc(Cn2c3ccccc3c3cc[n+]4cn(-c5ccccc5)cc4c32)cc1. The summed E-state index contributed by atoms with van der Waals surface area (Å²) in [5.41, 5.74) is 6.22. The molecule has 0 unspecified atom stereocenters. The number of nitrogens with zero attached hydrogens (tertiary/aromatic N) is 3. The van der Waals surface area contributed by atoms with Crippen LogP contribution in [0.3, 0.4) is 0 Å². The summed E-state index contributed by atoms with van der Waals surface area (Å²) in [6.07, 6.45) is 6.54. The van der Waals surface area contributed by atoms with Crippen LogP contribution in [0.1, 0.15) is 5.56 Å². The van der Waals surface area contributed by atoms with Crippen molar-refractivity contribution in [1.29, 1.82) is 0 Å². The summed E-state index contributed by atoms with van der Waals surface area (Å²) in [6.45, 7) is 0.848. The first-order chi connectivity index (χ1) is 14.4. The minimum absolute atomic E-state index is 0. The molecule has 0 radical (unpaired) electrons. The summed E-state index contributed by atoms with van der Waals surface area (Å²) < 4.78 is 6.86. The molecule has 0 aliphatic carbocycles. The van der Waals surface area contributed by atoms with E-state index in [1.165, 1.54) is 32.9 Å². The van der Waals surface area contributed by atoms with Gasteiger partial charge in [0.05, 0.1) is 6.20 Å². The molecule has 3 aromatic heterocycles. The Kier molecular flexibility index (Phi) is 4.53. The summed E-state index contributed by atoms with van der Waals surface area (Å²) >= 11 is 0. The molecule has 6 aromatic rings. The second kappa shape index (κ2) is 7.36. The molecule has 0 N–H and O–H groups in total. The van der Waals surface area contributed by atoms with Gasteiger partial charge in [-0.05, 0) is 29.8 Å². The predicted molar refractivity (Wildman–Crippen MR) is 117 cm³/mol. The van der Waals surface area contributed by atoms with E-state index >= 15 is 0 Å². The van der Waals surface area contributed by atoms with E-state index in [1.807, 2.05) is 0 Å².